The molecule has 0 radical (unpaired) electrons. The van der Waals surface area contributed by atoms with Crippen molar-refractivity contribution in [1.29, 1.82) is 0 Å². The molecule has 1 heterocycles. The van der Waals surface area contributed by atoms with Crippen molar-refractivity contribution < 1.29 is 4.74 Å². The smallest absolute Gasteiger partial charge is 0.149 e. The highest BCUT2D eigenvalue weighted by Crippen LogP contribution is 2.19. The molecule has 74 valence electrons. The highest BCUT2D eigenvalue weighted by molar-refractivity contribution is 5.61. The number of ether oxygens (including phenoxy) is 1. The van der Waals surface area contributed by atoms with Gasteiger partial charge < -0.3 is 15.4 Å². The molecule has 0 fully saturated rings. The van der Waals surface area contributed by atoms with E-state index in [2.05, 4.69) is 5.10 Å². The Morgan fingerprint density at radius 2 is 2.31 bits per heavy atom. The van der Waals surface area contributed by atoms with Gasteiger partial charge in [0.15, 0.2) is 0 Å². The summed E-state index contributed by atoms with van der Waals surface area (Å²) < 4.78 is 6.80. The van der Waals surface area contributed by atoms with E-state index in [-0.39, 0.29) is 0 Å². The van der Waals surface area contributed by atoms with Crippen LogP contribution in [0.15, 0.2) is 6.20 Å². The third-order valence-corrected chi connectivity index (χ3v) is 1.77. The fourth-order valence-electron chi connectivity index (χ4n) is 1.22. The van der Waals surface area contributed by atoms with Crippen LogP contribution >= 0.6 is 0 Å². The maximum Gasteiger partial charge on any atom is 0.149 e. The molecule has 5 heteroatoms. The molecule has 13 heavy (non-hydrogen) atoms. The zero-order valence-electron chi connectivity index (χ0n) is 8.32. The van der Waals surface area contributed by atoms with E-state index < -0.39 is 0 Å². The summed E-state index contributed by atoms with van der Waals surface area (Å²) in [6.07, 6.45) is 1.66. The number of nitrogen functional groups attached to an aromatic ring is 1. The van der Waals surface area contributed by atoms with Crippen LogP contribution in [0.4, 0.5) is 11.5 Å². The molecule has 0 atom stereocenters. The molecule has 0 aromatic carbocycles. The first-order chi connectivity index (χ1) is 6.16. The van der Waals surface area contributed by atoms with E-state index in [4.69, 9.17) is 10.5 Å². The minimum atomic E-state index is 0.641. The molecule has 1 rings (SSSR count). The number of methoxy groups -OCH3 is 1. The van der Waals surface area contributed by atoms with Gasteiger partial charge in [-0.2, -0.15) is 5.10 Å². The molecular weight excluding hydrogens is 168 g/mol. The summed E-state index contributed by atoms with van der Waals surface area (Å²) in [6.45, 7) is 1.36. The lowest BCUT2D eigenvalue weighted by Gasteiger charge is -2.15. The standard InChI is InChI=1S/C8H16N4O/c1-11(2)8-7(9)6-10-12(8)4-5-13-3/h6H,4-5,9H2,1-3H3. The molecule has 0 bridgehead atoms. The van der Waals surface area contributed by atoms with Crippen LogP contribution in [-0.2, 0) is 11.3 Å². The van der Waals surface area contributed by atoms with Crippen molar-refractivity contribution in [2.45, 2.75) is 6.54 Å². The molecule has 1 aromatic rings. The Balaban J connectivity index is 2.81. The average Bonchev–Trinajstić information content (AvgIpc) is 2.43. The van der Waals surface area contributed by atoms with E-state index in [0.717, 1.165) is 12.4 Å². The normalized spacial score (nSPS) is 10.4. The lowest BCUT2D eigenvalue weighted by atomic mass is 10.5. The first kappa shape index (κ1) is 9.85. The van der Waals surface area contributed by atoms with Gasteiger partial charge in [0.25, 0.3) is 0 Å². The summed E-state index contributed by atoms with van der Waals surface area (Å²) in [6, 6.07) is 0. The van der Waals surface area contributed by atoms with Crippen molar-refractivity contribution in [2.24, 2.45) is 0 Å². The van der Waals surface area contributed by atoms with Gasteiger partial charge in [0.2, 0.25) is 0 Å². The van der Waals surface area contributed by atoms with E-state index in [0.29, 0.717) is 12.3 Å². The number of hydrogen-bond donors (Lipinski definition) is 1. The van der Waals surface area contributed by atoms with Crippen LogP contribution in [0.1, 0.15) is 0 Å². The summed E-state index contributed by atoms with van der Waals surface area (Å²) in [5.74, 6) is 0.928. The number of aromatic nitrogens is 2. The third-order valence-electron chi connectivity index (χ3n) is 1.77. The van der Waals surface area contributed by atoms with Crippen LogP contribution in [0, 0.1) is 0 Å². The van der Waals surface area contributed by atoms with Gasteiger partial charge in [-0.3, -0.25) is 0 Å². The quantitative estimate of drug-likeness (QED) is 0.725. The summed E-state index contributed by atoms with van der Waals surface area (Å²) >= 11 is 0. The largest absolute Gasteiger partial charge is 0.394 e. The van der Waals surface area contributed by atoms with E-state index >= 15 is 0 Å². The van der Waals surface area contributed by atoms with Crippen LogP contribution in [0.2, 0.25) is 0 Å². The lowest BCUT2D eigenvalue weighted by molar-refractivity contribution is 0.184. The Hall–Kier alpha value is -1.23. The first-order valence-electron chi connectivity index (χ1n) is 4.14. The molecule has 0 aliphatic rings. The first-order valence-corrected chi connectivity index (χ1v) is 4.14. The van der Waals surface area contributed by atoms with E-state index in [1.165, 1.54) is 0 Å². The van der Waals surface area contributed by atoms with Crippen molar-refractivity contribution in [3.63, 3.8) is 0 Å². The van der Waals surface area contributed by atoms with Gasteiger partial charge in [-0.15, -0.1) is 0 Å². The van der Waals surface area contributed by atoms with Gasteiger partial charge in [0, 0.05) is 21.2 Å². The maximum atomic E-state index is 5.75. The molecule has 5 nitrogen and oxygen atoms in total. The summed E-state index contributed by atoms with van der Waals surface area (Å²) in [4.78, 5) is 1.94. The third kappa shape index (κ3) is 2.12. The fraction of sp³-hybridized carbons (Fsp3) is 0.625. The molecule has 2 N–H and O–H groups in total. The number of nitrogens with two attached hydrogens (primary N) is 1. The highest BCUT2D eigenvalue weighted by atomic mass is 16.5. The lowest BCUT2D eigenvalue weighted by Crippen LogP contribution is -2.18. The summed E-state index contributed by atoms with van der Waals surface area (Å²) in [7, 11) is 5.55. The second-order valence-corrected chi connectivity index (χ2v) is 3.03. The van der Waals surface area contributed by atoms with Crippen LogP contribution in [0.5, 0.6) is 0 Å². The topological polar surface area (TPSA) is 56.3 Å². The fourth-order valence-corrected chi connectivity index (χ4v) is 1.22. The second kappa shape index (κ2) is 4.13. The van der Waals surface area contributed by atoms with Gasteiger partial charge in [0.05, 0.1) is 25.0 Å². The Kier molecular flexibility index (Phi) is 3.13. The number of anilines is 2. The summed E-state index contributed by atoms with van der Waals surface area (Å²) in [5, 5.41) is 4.14. The van der Waals surface area contributed by atoms with Crippen molar-refractivity contribution >= 4 is 11.5 Å². The maximum absolute atomic E-state index is 5.75. The molecule has 0 aliphatic carbocycles. The summed E-state index contributed by atoms with van der Waals surface area (Å²) in [5.41, 5.74) is 6.44. The monoisotopic (exact) mass is 184 g/mol. The molecule has 0 spiro atoms. The van der Waals surface area contributed by atoms with Gasteiger partial charge in [0.1, 0.15) is 5.82 Å². The minimum absolute atomic E-state index is 0.641. The van der Waals surface area contributed by atoms with Crippen molar-refractivity contribution in [2.75, 3.05) is 38.4 Å². The Morgan fingerprint density at radius 1 is 1.62 bits per heavy atom. The van der Waals surface area contributed by atoms with Crippen LogP contribution < -0.4 is 10.6 Å². The van der Waals surface area contributed by atoms with Crippen LogP contribution in [0.25, 0.3) is 0 Å². The molecule has 0 saturated heterocycles. The molecule has 0 amide bonds. The molecule has 1 aromatic heterocycles. The minimum Gasteiger partial charge on any atom is -0.394 e. The predicted molar refractivity (Wildman–Crippen MR) is 52.8 cm³/mol. The number of rotatable bonds is 4. The van der Waals surface area contributed by atoms with Gasteiger partial charge in [-0.25, -0.2) is 4.68 Å². The van der Waals surface area contributed by atoms with E-state index in [1.54, 1.807) is 13.3 Å². The van der Waals surface area contributed by atoms with Gasteiger partial charge >= 0.3 is 0 Å². The average molecular weight is 184 g/mol. The number of hydrogen-bond acceptors (Lipinski definition) is 4. The molecule has 0 saturated carbocycles. The zero-order valence-corrected chi connectivity index (χ0v) is 8.32. The number of nitrogens with zero attached hydrogens (tertiary/aromatic N) is 3. The van der Waals surface area contributed by atoms with E-state index in [1.807, 2.05) is 23.7 Å². The van der Waals surface area contributed by atoms with Crippen LogP contribution in [0.3, 0.4) is 0 Å². The molecule has 0 unspecified atom stereocenters. The molecule has 0 aliphatic heterocycles. The second-order valence-electron chi connectivity index (χ2n) is 3.03. The van der Waals surface area contributed by atoms with E-state index in [9.17, 15) is 0 Å². The van der Waals surface area contributed by atoms with Crippen LogP contribution in [-0.4, -0.2) is 37.6 Å². The predicted octanol–water partition coefficient (Wildman–Crippen LogP) is 0.178. The Morgan fingerprint density at radius 3 is 2.85 bits per heavy atom. The SMILES string of the molecule is COCCn1ncc(N)c1N(C)C. The van der Waals surface area contributed by atoms with Crippen molar-refractivity contribution in [3.05, 3.63) is 6.20 Å². The van der Waals surface area contributed by atoms with Crippen molar-refractivity contribution in [3.8, 4) is 0 Å². The van der Waals surface area contributed by atoms with Gasteiger partial charge in [-0.05, 0) is 0 Å². The van der Waals surface area contributed by atoms with Gasteiger partial charge in [-0.1, -0.05) is 0 Å². The Labute approximate surface area is 78.1 Å². The highest BCUT2D eigenvalue weighted by Gasteiger charge is 2.08. The zero-order chi connectivity index (χ0) is 9.84. The Bertz CT molecular complexity index is 269. The van der Waals surface area contributed by atoms with Crippen molar-refractivity contribution in [1.82, 2.24) is 9.78 Å². The molecular formula is C8H16N4O.